The summed E-state index contributed by atoms with van der Waals surface area (Å²) in [5, 5.41) is 0. The van der Waals surface area contributed by atoms with Gasteiger partial charge >= 0.3 is 35.8 Å². The molecule has 0 saturated carbocycles. The first-order valence-electron chi connectivity index (χ1n) is 10.5. The first-order valence-corrected chi connectivity index (χ1v) is 10.5. The third-order valence-corrected chi connectivity index (χ3v) is 4.20. The molecule has 1 heterocycles. The predicted octanol–water partition coefficient (Wildman–Crippen LogP) is -0.419. The first kappa shape index (κ1) is 29.8. The van der Waals surface area contributed by atoms with Gasteiger partial charge in [0.15, 0.2) is 30.7 Å². The van der Waals surface area contributed by atoms with Crippen LogP contribution >= 0.6 is 0 Å². The van der Waals surface area contributed by atoms with Gasteiger partial charge in [-0.05, 0) is 0 Å². The summed E-state index contributed by atoms with van der Waals surface area (Å²) in [5.41, 5.74) is 0. The molecule has 0 aromatic rings. The van der Waals surface area contributed by atoms with Gasteiger partial charge in [0.2, 0.25) is 0 Å². The first-order chi connectivity index (χ1) is 16.3. The van der Waals surface area contributed by atoms with Crippen molar-refractivity contribution in [3.63, 3.8) is 0 Å². The molecule has 198 valence electrons. The van der Waals surface area contributed by atoms with Gasteiger partial charge in [0, 0.05) is 41.5 Å². The Hall–Kier alpha value is -3.26. The van der Waals surface area contributed by atoms with Crippen LogP contribution in [-0.4, -0.2) is 92.4 Å². The standard InChI is InChI=1S/C21H30O14/c1-10(22)28-7-16(31-12(3)24)8-30-21-20(34-15(6)27)19(33-14(5)26)18(32-13(4)25)17(35-21)9-29-11(2)23/h16-21H,7-9H2,1-6H3. The summed E-state index contributed by atoms with van der Waals surface area (Å²) in [5.74, 6) is -4.37. The second-order valence-electron chi connectivity index (χ2n) is 7.44. The van der Waals surface area contributed by atoms with Crippen LogP contribution in [0.2, 0.25) is 0 Å². The monoisotopic (exact) mass is 506 g/mol. The molecule has 0 aliphatic carbocycles. The van der Waals surface area contributed by atoms with Gasteiger partial charge in [-0.1, -0.05) is 0 Å². The fraction of sp³-hybridized carbons (Fsp3) is 0.714. The zero-order valence-corrected chi connectivity index (χ0v) is 20.3. The molecular weight excluding hydrogens is 476 g/mol. The number of esters is 6. The van der Waals surface area contributed by atoms with Gasteiger partial charge in [0.25, 0.3) is 0 Å². The van der Waals surface area contributed by atoms with E-state index in [1.807, 2.05) is 0 Å². The fourth-order valence-corrected chi connectivity index (χ4v) is 3.09. The molecule has 1 fully saturated rings. The normalized spacial score (nSPS) is 24.3. The number of carbonyl (C=O) groups is 6. The third kappa shape index (κ3) is 11.1. The maximum atomic E-state index is 11.8. The minimum Gasteiger partial charge on any atom is -0.463 e. The molecule has 1 rings (SSSR count). The molecule has 1 aliphatic rings. The summed E-state index contributed by atoms with van der Waals surface area (Å²) in [6.07, 6.45) is -7.94. The van der Waals surface area contributed by atoms with Crippen LogP contribution in [0.1, 0.15) is 41.5 Å². The lowest BCUT2D eigenvalue weighted by molar-refractivity contribution is -0.311. The lowest BCUT2D eigenvalue weighted by atomic mass is 9.98. The highest BCUT2D eigenvalue weighted by atomic mass is 16.7. The highest BCUT2D eigenvalue weighted by molar-refractivity contribution is 5.69. The van der Waals surface area contributed by atoms with E-state index in [0.717, 1.165) is 41.5 Å². The average molecular weight is 506 g/mol. The second kappa shape index (κ2) is 14.2. The number of ether oxygens (including phenoxy) is 8. The van der Waals surface area contributed by atoms with Crippen LogP contribution in [0.25, 0.3) is 0 Å². The van der Waals surface area contributed by atoms with Crippen LogP contribution in [0.4, 0.5) is 0 Å². The molecule has 1 saturated heterocycles. The zero-order valence-electron chi connectivity index (χ0n) is 20.3. The Balaban J connectivity index is 3.27. The van der Waals surface area contributed by atoms with Gasteiger partial charge in [-0.25, -0.2) is 0 Å². The van der Waals surface area contributed by atoms with Crippen LogP contribution in [0.3, 0.4) is 0 Å². The number of hydrogen-bond donors (Lipinski definition) is 0. The van der Waals surface area contributed by atoms with Crippen LogP contribution < -0.4 is 0 Å². The van der Waals surface area contributed by atoms with E-state index in [1.165, 1.54) is 0 Å². The Morgan fingerprint density at radius 2 is 1.14 bits per heavy atom. The minimum absolute atomic E-state index is 0.347. The fourth-order valence-electron chi connectivity index (χ4n) is 3.09. The van der Waals surface area contributed by atoms with E-state index in [2.05, 4.69) is 0 Å². The van der Waals surface area contributed by atoms with Gasteiger partial charge in [-0.3, -0.25) is 28.8 Å². The maximum absolute atomic E-state index is 11.8. The van der Waals surface area contributed by atoms with E-state index in [-0.39, 0.29) is 6.61 Å². The Morgan fingerprint density at radius 1 is 0.629 bits per heavy atom. The van der Waals surface area contributed by atoms with Crippen molar-refractivity contribution < 1.29 is 66.7 Å². The molecule has 0 spiro atoms. The molecule has 6 atom stereocenters. The Labute approximate surface area is 201 Å². The van der Waals surface area contributed by atoms with E-state index in [1.54, 1.807) is 0 Å². The summed E-state index contributed by atoms with van der Waals surface area (Å²) >= 11 is 0. The second-order valence-corrected chi connectivity index (χ2v) is 7.44. The molecular formula is C21H30O14. The van der Waals surface area contributed by atoms with Crippen LogP contribution in [-0.2, 0) is 66.7 Å². The van der Waals surface area contributed by atoms with Crippen molar-refractivity contribution in [2.45, 2.75) is 78.4 Å². The van der Waals surface area contributed by atoms with Gasteiger partial charge in [0.05, 0.1) is 6.61 Å². The number of hydrogen-bond acceptors (Lipinski definition) is 14. The van der Waals surface area contributed by atoms with Crippen LogP contribution in [0.15, 0.2) is 0 Å². The SMILES string of the molecule is CC(=O)OCC(COC1OC(COC(C)=O)C(OC(C)=O)C(OC(C)=O)C1OC(C)=O)OC(C)=O. The van der Waals surface area contributed by atoms with Crippen molar-refractivity contribution >= 4 is 35.8 Å². The predicted molar refractivity (Wildman–Crippen MR) is 110 cm³/mol. The van der Waals surface area contributed by atoms with Crippen molar-refractivity contribution in [2.24, 2.45) is 0 Å². The highest BCUT2D eigenvalue weighted by Gasteiger charge is 2.53. The van der Waals surface area contributed by atoms with Crippen molar-refractivity contribution in [1.82, 2.24) is 0 Å². The Morgan fingerprint density at radius 3 is 1.63 bits per heavy atom. The lowest BCUT2D eigenvalue weighted by Gasteiger charge is -2.44. The smallest absolute Gasteiger partial charge is 0.303 e. The van der Waals surface area contributed by atoms with Crippen LogP contribution in [0.5, 0.6) is 0 Å². The molecule has 6 unspecified atom stereocenters. The van der Waals surface area contributed by atoms with E-state index in [4.69, 9.17) is 37.9 Å². The molecule has 1 aliphatic heterocycles. The van der Waals surface area contributed by atoms with Gasteiger partial charge < -0.3 is 37.9 Å². The third-order valence-electron chi connectivity index (χ3n) is 4.20. The quantitative estimate of drug-likeness (QED) is 0.261. The molecule has 0 radical (unpaired) electrons. The largest absolute Gasteiger partial charge is 0.463 e. The highest BCUT2D eigenvalue weighted by Crippen LogP contribution is 2.30. The Bertz CT molecular complexity index is 793. The van der Waals surface area contributed by atoms with E-state index >= 15 is 0 Å². The molecule has 0 bridgehead atoms. The molecule has 14 heteroatoms. The molecule has 0 N–H and O–H groups in total. The van der Waals surface area contributed by atoms with Gasteiger partial charge in [0.1, 0.15) is 19.3 Å². The minimum atomic E-state index is -1.47. The molecule has 0 aromatic heterocycles. The average Bonchev–Trinajstić information content (AvgIpc) is 2.70. The summed E-state index contributed by atoms with van der Waals surface area (Å²) in [7, 11) is 0. The van der Waals surface area contributed by atoms with Crippen molar-refractivity contribution in [2.75, 3.05) is 19.8 Å². The Kier molecular flexibility index (Phi) is 12.1. The zero-order chi connectivity index (χ0) is 26.7. The lowest BCUT2D eigenvalue weighted by Crippen LogP contribution is -2.63. The van der Waals surface area contributed by atoms with Gasteiger partial charge in [-0.15, -0.1) is 0 Å². The van der Waals surface area contributed by atoms with E-state index in [9.17, 15) is 28.8 Å². The van der Waals surface area contributed by atoms with E-state index < -0.39 is 85.8 Å². The summed E-state index contributed by atoms with van der Waals surface area (Å²) in [6, 6.07) is 0. The molecule has 0 aromatic carbocycles. The summed E-state index contributed by atoms with van der Waals surface area (Å²) in [6.45, 7) is 5.50. The molecule has 35 heavy (non-hydrogen) atoms. The number of rotatable bonds is 11. The maximum Gasteiger partial charge on any atom is 0.303 e. The van der Waals surface area contributed by atoms with E-state index in [0.29, 0.717) is 0 Å². The molecule has 0 amide bonds. The van der Waals surface area contributed by atoms with Crippen molar-refractivity contribution in [1.29, 1.82) is 0 Å². The topological polar surface area (TPSA) is 176 Å². The van der Waals surface area contributed by atoms with Crippen molar-refractivity contribution in [3.05, 3.63) is 0 Å². The summed E-state index contributed by atoms with van der Waals surface area (Å²) < 4.78 is 42.1. The summed E-state index contributed by atoms with van der Waals surface area (Å²) in [4.78, 5) is 69.2. The van der Waals surface area contributed by atoms with Crippen LogP contribution in [0, 0.1) is 0 Å². The number of carbonyl (C=O) groups excluding carboxylic acids is 6. The van der Waals surface area contributed by atoms with Crippen molar-refractivity contribution in [3.8, 4) is 0 Å². The van der Waals surface area contributed by atoms with Gasteiger partial charge in [-0.2, -0.15) is 0 Å². The molecule has 14 nitrogen and oxygen atoms in total.